The van der Waals surface area contributed by atoms with E-state index in [-0.39, 0.29) is 17.2 Å². The van der Waals surface area contributed by atoms with Crippen LogP contribution in [0.15, 0.2) is 83.7 Å². The minimum atomic E-state index is -2.24. The van der Waals surface area contributed by atoms with E-state index in [1.807, 2.05) is 54.6 Å². The zero-order chi connectivity index (χ0) is 28.8. The van der Waals surface area contributed by atoms with Gasteiger partial charge in [-0.2, -0.15) is 0 Å². The van der Waals surface area contributed by atoms with E-state index in [0.717, 1.165) is 17.1 Å². The molecule has 2 aromatic rings. The fourth-order valence-electron chi connectivity index (χ4n) is 5.79. The van der Waals surface area contributed by atoms with E-state index < -0.39 is 24.3 Å². The van der Waals surface area contributed by atoms with Crippen LogP contribution in [0.25, 0.3) is 0 Å². The molecule has 1 N–H and O–H groups in total. The maximum atomic E-state index is 13.1. The van der Waals surface area contributed by atoms with Crippen molar-refractivity contribution in [2.75, 3.05) is 13.7 Å². The second-order valence-corrected chi connectivity index (χ2v) is 18.8. The zero-order valence-electron chi connectivity index (χ0n) is 24.6. The van der Waals surface area contributed by atoms with E-state index in [1.54, 1.807) is 25.1 Å². The van der Waals surface area contributed by atoms with Gasteiger partial charge in [-0.05, 0) is 73.6 Å². The van der Waals surface area contributed by atoms with Gasteiger partial charge in [-0.3, -0.25) is 0 Å². The molecule has 40 heavy (non-hydrogen) atoms. The number of benzene rings is 2. The lowest BCUT2D eigenvalue weighted by Crippen LogP contribution is -2.70. The van der Waals surface area contributed by atoms with Crippen LogP contribution in [0.5, 0.6) is 11.5 Å². The molecule has 3 heterocycles. The molecule has 0 saturated carbocycles. The molecule has 2 fully saturated rings. The van der Waals surface area contributed by atoms with Gasteiger partial charge in [0.2, 0.25) is 0 Å². The Bertz CT molecular complexity index is 1260. The van der Waals surface area contributed by atoms with Gasteiger partial charge in [0.15, 0.2) is 19.5 Å². The summed E-state index contributed by atoms with van der Waals surface area (Å²) in [6.45, 7) is 13.8. The number of ether oxygens (including phenoxy) is 4. The molecule has 3 aliphatic rings. The van der Waals surface area contributed by atoms with Crippen molar-refractivity contribution in [1.29, 1.82) is 0 Å². The third kappa shape index (κ3) is 4.71. The summed E-state index contributed by atoms with van der Waals surface area (Å²) in [6, 6.07) is 17.6. The van der Waals surface area contributed by atoms with Gasteiger partial charge in [-0.1, -0.05) is 39.0 Å². The average molecular weight is 583 g/mol. The smallest absolute Gasteiger partial charge is 0.192 e. The van der Waals surface area contributed by atoms with Crippen LogP contribution in [-0.2, 0) is 13.9 Å². The molecule has 0 aromatic heterocycles. The predicted molar refractivity (Wildman–Crippen MR) is 161 cm³/mol. The molecule has 5 atom stereocenters. The van der Waals surface area contributed by atoms with Crippen LogP contribution in [-0.4, -0.2) is 55.3 Å². The number of aliphatic hydroxyl groups is 1. The van der Waals surface area contributed by atoms with Gasteiger partial charge in [0.05, 0.1) is 36.9 Å². The maximum Gasteiger partial charge on any atom is 0.192 e. The molecule has 2 aromatic carbocycles. The Hall–Kier alpha value is -2.23. The van der Waals surface area contributed by atoms with Gasteiger partial charge < -0.3 is 28.5 Å². The van der Waals surface area contributed by atoms with E-state index in [0.29, 0.717) is 24.5 Å². The summed E-state index contributed by atoms with van der Waals surface area (Å²) in [6.07, 6.45) is 6.24. The second-order valence-electron chi connectivity index (χ2n) is 12.5. The Labute approximate surface area is 243 Å². The van der Waals surface area contributed by atoms with Gasteiger partial charge >= 0.3 is 0 Å². The Morgan fingerprint density at radius 2 is 1.73 bits per heavy atom. The van der Waals surface area contributed by atoms with Crippen molar-refractivity contribution in [1.82, 2.24) is 0 Å². The van der Waals surface area contributed by atoms with E-state index in [1.165, 1.54) is 0 Å². The molecule has 3 aliphatic heterocycles. The molecule has 5 rings (SSSR count). The van der Waals surface area contributed by atoms with Crippen LogP contribution in [0, 0.1) is 0 Å². The van der Waals surface area contributed by atoms with Gasteiger partial charge in [0.25, 0.3) is 0 Å². The number of hydrogen-bond donors (Lipinski definition) is 1. The number of thioether (sulfide) groups is 1. The molecule has 0 aliphatic carbocycles. The van der Waals surface area contributed by atoms with Crippen molar-refractivity contribution in [3.63, 3.8) is 0 Å². The first-order chi connectivity index (χ1) is 18.9. The van der Waals surface area contributed by atoms with Gasteiger partial charge in [-0.25, -0.2) is 0 Å². The number of methoxy groups -OCH3 is 1. The van der Waals surface area contributed by atoms with Crippen molar-refractivity contribution in [3.05, 3.63) is 78.8 Å². The van der Waals surface area contributed by atoms with Gasteiger partial charge in [0, 0.05) is 17.7 Å². The molecule has 0 spiro atoms. The predicted octanol–water partition coefficient (Wildman–Crippen LogP) is 7.11. The van der Waals surface area contributed by atoms with Gasteiger partial charge in [-0.15, -0.1) is 11.8 Å². The van der Waals surface area contributed by atoms with Crippen LogP contribution in [0.2, 0.25) is 18.1 Å². The summed E-state index contributed by atoms with van der Waals surface area (Å²) < 4.78 is 30.8. The molecule has 216 valence electrons. The quantitative estimate of drug-likeness (QED) is 0.250. The Morgan fingerprint density at radius 3 is 2.33 bits per heavy atom. The fraction of sp³-hybridized carbons (Fsp3) is 0.500. The second kappa shape index (κ2) is 10.6. The molecule has 2 saturated heterocycles. The lowest BCUT2D eigenvalue weighted by molar-refractivity contribution is -0.127. The van der Waals surface area contributed by atoms with Crippen molar-refractivity contribution in [2.45, 2.75) is 91.7 Å². The Morgan fingerprint density at radius 1 is 1.05 bits per heavy atom. The molecule has 8 heteroatoms. The first-order valence-corrected chi connectivity index (χ1v) is 17.7. The van der Waals surface area contributed by atoms with E-state index in [9.17, 15) is 5.11 Å². The molecular weight excluding hydrogens is 540 g/mol. The van der Waals surface area contributed by atoms with Crippen LogP contribution < -0.4 is 9.47 Å². The first-order valence-electron chi connectivity index (χ1n) is 14.0. The van der Waals surface area contributed by atoms with Crippen LogP contribution in [0.4, 0.5) is 0 Å². The first kappa shape index (κ1) is 29.3. The minimum absolute atomic E-state index is 0.0112. The van der Waals surface area contributed by atoms with Crippen molar-refractivity contribution in [3.8, 4) is 11.5 Å². The summed E-state index contributed by atoms with van der Waals surface area (Å²) >= 11 is 1.64. The summed E-state index contributed by atoms with van der Waals surface area (Å²) in [5.41, 5.74) is -2.72. The third-order valence-corrected chi connectivity index (χ3v) is 15.1. The Balaban J connectivity index is 1.59. The Kier molecular flexibility index (Phi) is 7.72. The number of fused-ring (bicyclic) bond motifs is 2. The van der Waals surface area contributed by atoms with Crippen LogP contribution in [0.3, 0.4) is 0 Å². The number of rotatable bonds is 9. The van der Waals surface area contributed by atoms with Crippen molar-refractivity contribution < 1.29 is 28.5 Å². The summed E-state index contributed by atoms with van der Waals surface area (Å²) in [5, 5.41) is 13.1. The molecule has 0 radical (unpaired) electrons. The van der Waals surface area contributed by atoms with Crippen molar-refractivity contribution >= 4 is 20.1 Å². The third-order valence-electron chi connectivity index (χ3n) is 9.10. The van der Waals surface area contributed by atoms with Crippen molar-refractivity contribution in [2.24, 2.45) is 0 Å². The van der Waals surface area contributed by atoms with E-state index >= 15 is 0 Å². The van der Waals surface area contributed by atoms with Gasteiger partial charge in [0.1, 0.15) is 17.3 Å². The van der Waals surface area contributed by atoms with E-state index in [4.69, 9.17) is 23.4 Å². The summed E-state index contributed by atoms with van der Waals surface area (Å²) in [7, 11) is -0.602. The molecular formula is C32H42O6SSi. The van der Waals surface area contributed by atoms with Crippen LogP contribution in [0.1, 0.15) is 40.5 Å². The molecule has 6 nitrogen and oxygen atoms in total. The highest BCUT2D eigenvalue weighted by Gasteiger charge is 2.80. The number of hydrogen-bond acceptors (Lipinski definition) is 7. The summed E-state index contributed by atoms with van der Waals surface area (Å²) in [4.78, 5) is 1.06. The standard InChI is InChI=1S/C32H42O6SSi/c1-29(2,3)40(6,7)38-28-22-27-30(4,39-25-12-9-8-10-13-25)32(33,26-14-11-20-36-26)31(28,37-27)19-21-35-24-17-15-23(34-5)16-18-24/h8-10,12-19,21,27-28,33H,11,20,22H2,1-7H3/b21-19+. The zero-order valence-corrected chi connectivity index (χ0v) is 26.4. The lowest BCUT2D eigenvalue weighted by atomic mass is 9.65. The SMILES string of the molecule is COc1ccc(O/C=C/C23OC(CC2O[Si](C)(C)C(C)(C)C)C(C)(Sc2ccccc2)C3(O)C2=CCCO2)cc1. The minimum Gasteiger partial charge on any atom is -0.497 e. The topological polar surface area (TPSA) is 66.4 Å². The fourth-order valence-corrected chi connectivity index (χ4v) is 8.59. The van der Waals surface area contributed by atoms with Crippen LogP contribution >= 0.6 is 11.8 Å². The highest BCUT2D eigenvalue weighted by Crippen LogP contribution is 2.66. The van der Waals surface area contributed by atoms with E-state index in [2.05, 4.69) is 52.9 Å². The highest BCUT2D eigenvalue weighted by atomic mass is 32.2. The average Bonchev–Trinajstić information content (AvgIpc) is 3.61. The molecule has 0 amide bonds. The summed E-state index contributed by atoms with van der Waals surface area (Å²) in [5.74, 6) is 1.96. The lowest BCUT2D eigenvalue weighted by Gasteiger charge is -2.53. The highest BCUT2D eigenvalue weighted by molar-refractivity contribution is 8.00. The monoisotopic (exact) mass is 582 g/mol. The largest absolute Gasteiger partial charge is 0.497 e. The normalized spacial score (nSPS) is 31.9. The maximum absolute atomic E-state index is 13.1. The molecule has 5 unspecified atom stereocenters. The molecule has 2 bridgehead atoms.